The Morgan fingerprint density at radius 3 is 2.38 bits per heavy atom. The molecule has 21 heavy (non-hydrogen) atoms. The second-order valence-electron chi connectivity index (χ2n) is 4.33. The zero-order valence-corrected chi connectivity index (χ0v) is 11.8. The van der Waals surface area contributed by atoms with Gasteiger partial charge < -0.3 is 5.11 Å². The summed E-state index contributed by atoms with van der Waals surface area (Å²) in [4.78, 5) is 22.2. The summed E-state index contributed by atoms with van der Waals surface area (Å²) < 4.78 is 0. The van der Waals surface area contributed by atoms with Gasteiger partial charge in [0.05, 0.1) is 10.8 Å². The molecule has 0 aliphatic carbocycles. The van der Waals surface area contributed by atoms with E-state index in [0.29, 0.717) is 4.90 Å². The number of carbonyl (C=O) groups is 1. The summed E-state index contributed by atoms with van der Waals surface area (Å²) in [5.74, 6) is -1.04. The topological polar surface area (TPSA) is 80.4 Å². The molecule has 0 aliphatic heterocycles. The third-order valence-corrected chi connectivity index (χ3v) is 4.19. The van der Waals surface area contributed by atoms with Crippen LogP contribution in [0, 0.1) is 10.1 Å². The fourth-order valence-corrected chi connectivity index (χ4v) is 3.15. The van der Waals surface area contributed by atoms with Crippen LogP contribution in [0.2, 0.25) is 0 Å². The zero-order valence-electron chi connectivity index (χ0n) is 11.0. The van der Waals surface area contributed by atoms with Crippen LogP contribution in [0.5, 0.6) is 0 Å². The van der Waals surface area contributed by atoms with Crippen molar-refractivity contribution >= 4 is 17.7 Å². The van der Waals surface area contributed by atoms with Crippen LogP contribution in [-0.4, -0.2) is 22.5 Å². The second kappa shape index (κ2) is 6.90. The first-order chi connectivity index (χ1) is 10.1. The minimum atomic E-state index is -1.04. The second-order valence-corrected chi connectivity index (χ2v) is 5.58. The molecule has 0 saturated carbocycles. The predicted octanol–water partition coefficient (Wildman–Crippen LogP) is 3.49. The van der Waals surface area contributed by atoms with Gasteiger partial charge in [-0.1, -0.05) is 42.5 Å². The molecule has 2 rings (SSSR count). The highest BCUT2D eigenvalue weighted by Crippen LogP contribution is 2.37. The number of carboxylic acids is 1. The third kappa shape index (κ3) is 4.06. The molecule has 0 amide bonds. The molecular formula is C15H13NO4S. The van der Waals surface area contributed by atoms with Crippen LogP contribution in [0.4, 0.5) is 0 Å². The van der Waals surface area contributed by atoms with E-state index in [4.69, 9.17) is 0 Å². The normalized spacial score (nSPS) is 11.8. The lowest BCUT2D eigenvalue weighted by Crippen LogP contribution is -2.10. The molecule has 0 bridgehead atoms. The first-order valence-corrected chi connectivity index (χ1v) is 7.11. The van der Waals surface area contributed by atoms with Crippen molar-refractivity contribution in [1.29, 1.82) is 0 Å². The lowest BCUT2D eigenvalue weighted by Gasteiger charge is -2.14. The molecule has 2 aromatic rings. The van der Waals surface area contributed by atoms with Gasteiger partial charge in [-0.25, -0.2) is 4.79 Å². The highest BCUT2D eigenvalue weighted by Gasteiger charge is 2.21. The molecule has 5 nitrogen and oxygen atoms in total. The highest BCUT2D eigenvalue weighted by atomic mass is 32.2. The molecule has 2 aromatic carbocycles. The van der Waals surface area contributed by atoms with Crippen molar-refractivity contribution in [3.8, 4) is 0 Å². The maximum Gasteiger partial charge on any atom is 0.336 e. The van der Waals surface area contributed by atoms with Crippen LogP contribution in [0.3, 0.4) is 0 Å². The first kappa shape index (κ1) is 15.1. The Hall–Kier alpha value is -2.34. The maximum atomic E-state index is 11.2. The molecule has 1 atom stereocenters. The van der Waals surface area contributed by atoms with E-state index in [9.17, 15) is 20.0 Å². The average molecular weight is 303 g/mol. The minimum absolute atomic E-state index is 0.159. The third-order valence-electron chi connectivity index (χ3n) is 2.87. The van der Waals surface area contributed by atoms with Crippen molar-refractivity contribution < 1.29 is 14.8 Å². The van der Waals surface area contributed by atoms with Gasteiger partial charge in [-0.2, -0.15) is 0 Å². The number of rotatable bonds is 6. The van der Waals surface area contributed by atoms with Crippen LogP contribution >= 0.6 is 11.8 Å². The van der Waals surface area contributed by atoms with Gasteiger partial charge in [-0.15, -0.1) is 11.8 Å². The van der Waals surface area contributed by atoms with Crippen molar-refractivity contribution in [3.05, 3.63) is 75.8 Å². The van der Waals surface area contributed by atoms with Gasteiger partial charge in [0.15, 0.2) is 0 Å². The molecule has 0 saturated heterocycles. The standard InChI is InChI=1S/C15H13NO4S/c17-15(18)12-8-4-5-9-13(12)21-14(10-16(19)20)11-6-2-1-3-7-11/h1-9,14H,10H2,(H,17,18). The van der Waals surface area contributed by atoms with Gasteiger partial charge in [0.1, 0.15) is 0 Å². The molecule has 0 radical (unpaired) electrons. The Labute approximate surface area is 125 Å². The average Bonchev–Trinajstić information content (AvgIpc) is 2.47. The summed E-state index contributed by atoms with van der Waals surface area (Å²) in [5.41, 5.74) is 0.964. The SMILES string of the molecule is O=C(O)c1ccccc1SC(C[N+](=O)[O-])c1ccccc1. The number of hydrogen-bond acceptors (Lipinski definition) is 4. The predicted molar refractivity (Wildman–Crippen MR) is 80.3 cm³/mol. The Morgan fingerprint density at radius 2 is 1.76 bits per heavy atom. The largest absolute Gasteiger partial charge is 0.478 e. The summed E-state index contributed by atoms with van der Waals surface area (Å²) in [7, 11) is 0. The summed E-state index contributed by atoms with van der Waals surface area (Å²) in [5, 5.41) is 19.6. The monoisotopic (exact) mass is 303 g/mol. The van der Waals surface area contributed by atoms with E-state index in [1.54, 1.807) is 18.2 Å². The highest BCUT2D eigenvalue weighted by molar-refractivity contribution is 7.99. The number of aromatic carboxylic acids is 1. The lowest BCUT2D eigenvalue weighted by molar-refractivity contribution is -0.479. The molecule has 0 aliphatic rings. The fraction of sp³-hybridized carbons (Fsp3) is 0.133. The van der Waals surface area contributed by atoms with Crippen molar-refractivity contribution in [1.82, 2.24) is 0 Å². The van der Waals surface area contributed by atoms with Crippen LogP contribution in [0.25, 0.3) is 0 Å². The Kier molecular flexibility index (Phi) is 4.94. The quantitative estimate of drug-likeness (QED) is 0.502. The molecule has 0 aromatic heterocycles. The molecule has 6 heteroatoms. The van der Waals surface area contributed by atoms with Crippen LogP contribution in [-0.2, 0) is 0 Å². The number of thioether (sulfide) groups is 1. The van der Waals surface area contributed by atoms with E-state index < -0.39 is 11.2 Å². The molecule has 0 spiro atoms. The smallest absolute Gasteiger partial charge is 0.336 e. The number of benzene rings is 2. The molecule has 1 N–H and O–H groups in total. The van der Waals surface area contributed by atoms with Crippen molar-refractivity contribution in [2.45, 2.75) is 10.1 Å². The number of hydrogen-bond donors (Lipinski definition) is 1. The van der Waals surface area contributed by atoms with E-state index in [2.05, 4.69) is 0 Å². The number of nitro groups is 1. The lowest BCUT2D eigenvalue weighted by atomic mass is 10.1. The van der Waals surface area contributed by atoms with Gasteiger partial charge in [-0.3, -0.25) is 10.1 Å². The Bertz CT molecular complexity index is 645. The van der Waals surface area contributed by atoms with Crippen molar-refractivity contribution in [3.63, 3.8) is 0 Å². The zero-order chi connectivity index (χ0) is 15.2. The number of nitrogens with zero attached hydrogens (tertiary/aromatic N) is 1. The fourth-order valence-electron chi connectivity index (χ4n) is 1.91. The van der Waals surface area contributed by atoms with Crippen LogP contribution in [0.15, 0.2) is 59.5 Å². The van der Waals surface area contributed by atoms with E-state index in [-0.39, 0.29) is 17.0 Å². The van der Waals surface area contributed by atoms with Gasteiger partial charge >= 0.3 is 5.97 Å². The Morgan fingerprint density at radius 1 is 1.14 bits per heavy atom. The Balaban J connectivity index is 2.32. The summed E-state index contributed by atoms with van der Waals surface area (Å²) >= 11 is 1.20. The minimum Gasteiger partial charge on any atom is -0.478 e. The van der Waals surface area contributed by atoms with Gasteiger partial charge in [0.2, 0.25) is 6.54 Å². The summed E-state index contributed by atoms with van der Waals surface area (Å²) in [6.07, 6.45) is 0. The molecule has 0 fully saturated rings. The van der Waals surface area contributed by atoms with E-state index in [1.807, 2.05) is 30.3 Å². The van der Waals surface area contributed by atoms with Gasteiger partial charge in [0, 0.05) is 9.82 Å². The van der Waals surface area contributed by atoms with E-state index in [1.165, 1.54) is 17.8 Å². The summed E-state index contributed by atoms with van der Waals surface area (Å²) in [6, 6.07) is 15.6. The molecule has 108 valence electrons. The molecular weight excluding hydrogens is 290 g/mol. The van der Waals surface area contributed by atoms with E-state index >= 15 is 0 Å². The van der Waals surface area contributed by atoms with Gasteiger partial charge in [0.25, 0.3) is 0 Å². The molecule has 1 unspecified atom stereocenters. The maximum absolute atomic E-state index is 11.2. The molecule has 0 heterocycles. The summed E-state index contributed by atoms with van der Waals surface area (Å²) in [6.45, 7) is -0.261. The van der Waals surface area contributed by atoms with Crippen LogP contribution < -0.4 is 0 Å². The van der Waals surface area contributed by atoms with Crippen LogP contribution in [0.1, 0.15) is 21.2 Å². The van der Waals surface area contributed by atoms with Crippen molar-refractivity contribution in [2.75, 3.05) is 6.54 Å². The van der Waals surface area contributed by atoms with E-state index in [0.717, 1.165) is 5.56 Å². The van der Waals surface area contributed by atoms with Gasteiger partial charge in [-0.05, 0) is 17.7 Å². The first-order valence-electron chi connectivity index (χ1n) is 6.23. The van der Waals surface area contributed by atoms with Crippen molar-refractivity contribution in [2.24, 2.45) is 0 Å². The number of carboxylic acid groups (broad SMARTS) is 1.